The van der Waals surface area contributed by atoms with E-state index < -0.39 is 17.5 Å². The summed E-state index contributed by atoms with van der Waals surface area (Å²) in [6, 6.07) is 6.49. The highest BCUT2D eigenvalue weighted by Crippen LogP contribution is 2.29. The van der Waals surface area contributed by atoms with Crippen LogP contribution in [-0.4, -0.2) is 9.97 Å². The second kappa shape index (κ2) is 4.01. The van der Waals surface area contributed by atoms with E-state index >= 15 is 0 Å². The number of nitrogen functional groups attached to an aromatic ring is 1. The lowest BCUT2D eigenvalue weighted by molar-refractivity contribution is 0.515. The quantitative estimate of drug-likeness (QED) is 0.662. The smallest absolute Gasteiger partial charge is 0.186 e. The molecule has 19 heavy (non-hydrogen) atoms. The highest BCUT2D eigenvalue weighted by atomic mass is 19.2. The second-order valence-electron chi connectivity index (χ2n) is 4.05. The Bertz CT molecular complexity index is 760. The summed E-state index contributed by atoms with van der Waals surface area (Å²) in [7, 11) is 0. The van der Waals surface area contributed by atoms with E-state index in [2.05, 4.69) is 9.97 Å². The Kier molecular flexibility index (Phi) is 2.45. The Morgan fingerprint density at radius 1 is 1.00 bits per heavy atom. The molecule has 0 bridgehead atoms. The van der Waals surface area contributed by atoms with Crippen LogP contribution in [0.15, 0.2) is 30.3 Å². The normalized spacial score (nSPS) is 11.1. The molecule has 3 N–H and O–H groups in total. The molecule has 0 aliphatic rings. The molecule has 0 saturated heterocycles. The van der Waals surface area contributed by atoms with Gasteiger partial charge in [-0.05, 0) is 24.3 Å². The fourth-order valence-electron chi connectivity index (χ4n) is 1.93. The molecule has 0 atom stereocenters. The Labute approximate surface area is 105 Å². The van der Waals surface area contributed by atoms with Crippen LogP contribution in [0.25, 0.3) is 22.4 Å². The van der Waals surface area contributed by atoms with E-state index in [1.807, 2.05) is 0 Å². The molecule has 0 spiro atoms. The minimum Gasteiger partial charge on any atom is -0.398 e. The highest BCUT2D eigenvalue weighted by Gasteiger charge is 2.16. The number of hydrogen-bond donors (Lipinski definition) is 2. The summed E-state index contributed by atoms with van der Waals surface area (Å²) >= 11 is 0. The van der Waals surface area contributed by atoms with Gasteiger partial charge in [0, 0.05) is 5.69 Å². The van der Waals surface area contributed by atoms with Gasteiger partial charge in [0.15, 0.2) is 11.6 Å². The molecule has 0 radical (unpaired) electrons. The minimum absolute atomic E-state index is 0.0403. The van der Waals surface area contributed by atoms with Crippen LogP contribution in [0.5, 0.6) is 0 Å². The van der Waals surface area contributed by atoms with Crippen molar-refractivity contribution in [3.05, 3.63) is 47.8 Å². The Balaban J connectivity index is 2.30. The summed E-state index contributed by atoms with van der Waals surface area (Å²) in [5.74, 6) is -2.60. The summed E-state index contributed by atoms with van der Waals surface area (Å²) in [5, 5.41) is 0. The van der Waals surface area contributed by atoms with Crippen LogP contribution < -0.4 is 5.73 Å². The molecule has 96 valence electrons. The summed E-state index contributed by atoms with van der Waals surface area (Å²) in [5.41, 5.74) is 5.97. The molecule has 2 aromatic carbocycles. The van der Waals surface area contributed by atoms with E-state index in [-0.39, 0.29) is 28.1 Å². The molecule has 0 aliphatic heterocycles. The number of nitrogens with two attached hydrogens (primary N) is 1. The second-order valence-corrected chi connectivity index (χ2v) is 4.05. The van der Waals surface area contributed by atoms with E-state index in [4.69, 9.17) is 5.73 Å². The first-order valence-electron chi connectivity index (χ1n) is 5.46. The molecule has 1 heterocycles. The van der Waals surface area contributed by atoms with Gasteiger partial charge in [-0.15, -0.1) is 0 Å². The first-order chi connectivity index (χ1) is 9.08. The number of aromatic amines is 1. The Morgan fingerprint density at radius 2 is 1.79 bits per heavy atom. The molecule has 0 unspecified atom stereocenters. The molecule has 1 aromatic heterocycles. The van der Waals surface area contributed by atoms with E-state index in [9.17, 15) is 13.2 Å². The molecule has 0 aliphatic carbocycles. The first kappa shape index (κ1) is 11.6. The van der Waals surface area contributed by atoms with Crippen LogP contribution in [0.3, 0.4) is 0 Å². The highest BCUT2D eigenvalue weighted by molar-refractivity contribution is 5.83. The van der Waals surface area contributed by atoms with Crippen LogP contribution in [0.1, 0.15) is 0 Å². The van der Waals surface area contributed by atoms with Gasteiger partial charge >= 0.3 is 0 Å². The molecule has 3 rings (SSSR count). The van der Waals surface area contributed by atoms with E-state index in [0.29, 0.717) is 0 Å². The lowest BCUT2D eigenvalue weighted by atomic mass is 10.1. The van der Waals surface area contributed by atoms with Gasteiger partial charge < -0.3 is 10.7 Å². The predicted molar refractivity (Wildman–Crippen MR) is 65.8 cm³/mol. The number of halogens is 3. The summed E-state index contributed by atoms with van der Waals surface area (Å²) in [6.45, 7) is 0. The molecule has 0 saturated carbocycles. The van der Waals surface area contributed by atoms with Crippen LogP contribution in [0, 0.1) is 17.5 Å². The van der Waals surface area contributed by atoms with Gasteiger partial charge in [-0.3, -0.25) is 0 Å². The first-order valence-corrected chi connectivity index (χ1v) is 5.46. The number of H-pyrrole nitrogens is 1. The van der Waals surface area contributed by atoms with Gasteiger partial charge in [0.1, 0.15) is 17.2 Å². The van der Waals surface area contributed by atoms with Crippen molar-refractivity contribution in [3.63, 3.8) is 0 Å². The third kappa shape index (κ3) is 1.72. The predicted octanol–water partition coefficient (Wildman–Crippen LogP) is 3.23. The number of rotatable bonds is 1. The third-order valence-corrected chi connectivity index (χ3v) is 2.83. The van der Waals surface area contributed by atoms with Crippen molar-refractivity contribution in [2.24, 2.45) is 0 Å². The van der Waals surface area contributed by atoms with E-state index in [1.54, 1.807) is 0 Å². The van der Waals surface area contributed by atoms with Crippen LogP contribution in [0.4, 0.5) is 18.9 Å². The SMILES string of the molecule is Nc1cccc(F)c1-c1nc2c(F)c(F)ccc2[nH]1. The fourth-order valence-corrected chi connectivity index (χ4v) is 1.93. The average molecular weight is 263 g/mol. The molecular weight excluding hydrogens is 255 g/mol. The van der Waals surface area contributed by atoms with Gasteiger partial charge in [-0.25, -0.2) is 18.2 Å². The van der Waals surface area contributed by atoms with Gasteiger partial charge in [-0.1, -0.05) is 6.07 Å². The van der Waals surface area contributed by atoms with E-state index in [0.717, 1.165) is 6.07 Å². The molecular formula is C13H8F3N3. The van der Waals surface area contributed by atoms with Gasteiger partial charge in [0.2, 0.25) is 0 Å². The maximum atomic E-state index is 13.7. The number of anilines is 1. The zero-order valence-electron chi connectivity index (χ0n) is 9.55. The topological polar surface area (TPSA) is 54.7 Å². The zero-order valence-corrected chi connectivity index (χ0v) is 9.55. The van der Waals surface area contributed by atoms with Crippen molar-refractivity contribution in [2.75, 3.05) is 5.73 Å². The van der Waals surface area contributed by atoms with Crippen LogP contribution in [0.2, 0.25) is 0 Å². The summed E-state index contributed by atoms with van der Waals surface area (Å²) in [6.07, 6.45) is 0. The number of aromatic nitrogens is 2. The number of fused-ring (bicyclic) bond motifs is 1. The van der Waals surface area contributed by atoms with Gasteiger partial charge in [-0.2, -0.15) is 0 Å². The zero-order chi connectivity index (χ0) is 13.6. The Morgan fingerprint density at radius 3 is 2.53 bits per heavy atom. The van der Waals surface area contributed by atoms with Crippen molar-refractivity contribution in [1.82, 2.24) is 9.97 Å². The maximum absolute atomic E-state index is 13.7. The van der Waals surface area contributed by atoms with Gasteiger partial charge in [0.25, 0.3) is 0 Å². The maximum Gasteiger partial charge on any atom is 0.186 e. The van der Waals surface area contributed by atoms with Crippen LogP contribution >= 0.6 is 0 Å². The molecule has 0 fully saturated rings. The van der Waals surface area contributed by atoms with Crippen molar-refractivity contribution in [1.29, 1.82) is 0 Å². The number of nitrogens with zero attached hydrogens (tertiary/aromatic N) is 1. The largest absolute Gasteiger partial charge is 0.398 e. The number of imidazole rings is 1. The lowest BCUT2D eigenvalue weighted by Gasteiger charge is -2.02. The van der Waals surface area contributed by atoms with Crippen molar-refractivity contribution in [3.8, 4) is 11.4 Å². The standard InChI is InChI=1S/C13H8F3N3/c14-6-2-1-3-8(17)10(6)13-18-9-5-4-7(15)11(16)12(9)19-13/h1-5H,17H2,(H,18,19). The molecule has 0 amide bonds. The van der Waals surface area contributed by atoms with Crippen molar-refractivity contribution >= 4 is 16.7 Å². The van der Waals surface area contributed by atoms with Crippen molar-refractivity contribution in [2.45, 2.75) is 0 Å². The fraction of sp³-hybridized carbons (Fsp3) is 0. The average Bonchev–Trinajstić information content (AvgIpc) is 2.78. The summed E-state index contributed by atoms with van der Waals surface area (Å²) < 4.78 is 40.4. The van der Waals surface area contributed by atoms with Crippen molar-refractivity contribution < 1.29 is 13.2 Å². The molecule has 3 nitrogen and oxygen atoms in total. The van der Waals surface area contributed by atoms with E-state index in [1.165, 1.54) is 24.3 Å². The lowest BCUT2D eigenvalue weighted by Crippen LogP contribution is -1.94. The number of nitrogens with one attached hydrogen (secondary N) is 1. The molecule has 3 aromatic rings. The monoisotopic (exact) mass is 263 g/mol. The minimum atomic E-state index is -1.07. The third-order valence-electron chi connectivity index (χ3n) is 2.83. The number of hydrogen-bond acceptors (Lipinski definition) is 2. The molecule has 6 heteroatoms. The Hall–Kier alpha value is -2.50. The van der Waals surface area contributed by atoms with Crippen LogP contribution in [-0.2, 0) is 0 Å². The number of benzene rings is 2. The van der Waals surface area contributed by atoms with Gasteiger partial charge in [0.05, 0.1) is 11.1 Å². The summed E-state index contributed by atoms with van der Waals surface area (Å²) in [4.78, 5) is 6.60.